The lowest BCUT2D eigenvalue weighted by Gasteiger charge is -2.16. The van der Waals surface area contributed by atoms with Crippen LogP contribution in [0.5, 0.6) is 11.5 Å². The van der Waals surface area contributed by atoms with Crippen molar-refractivity contribution in [2.75, 3.05) is 26.9 Å². The third-order valence-corrected chi connectivity index (χ3v) is 2.51. The second kappa shape index (κ2) is 8.77. The van der Waals surface area contributed by atoms with Crippen LogP contribution in [-0.2, 0) is 11.3 Å². The second-order valence-electron chi connectivity index (χ2n) is 4.48. The normalized spacial score (nSPS) is 10.8. The summed E-state index contributed by atoms with van der Waals surface area (Å²) in [5.41, 5.74) is 1.10. The van der Waals surface area contributed by atoms with Crippen LogP contribution >= 0.6 is 0 Å². The maximum Gasteiger partial charge on any atom is 0.165 e. The Labute approximate surface area is 116 Å². The third kappa shape index (κ3) is 5.49. The lowest BCUT2D eigenvalue weighted by Crippen LogP contribution is -2.14. The van der Waals surface area contributed by atoms with Gasteiger partial charge in [0.05, 0.1) is 19.3 Å². The number of ether oxygens (including phenoxy) is 3. The minimum Gasteiger partial charge on any atom is -0.490 e. The number of nitrogens with one attached hydrogen (secondary N) is 1. The molecule has 0 aliphatic heterocycles. The van der Waals surface area contributed by atoms with Crippen LogP contribution in [0.15, 0.2) is 18.2 Å². The Morgan fingerprint density at radius 1 is 1.16 bits per heavy atom. The summed E-state index contributed by atoms with van der Waals surface area (Å²) in [5.74, 6) is 1.60. The highest BCUT2D eigenvalue weighted by molar-refractivity contribution is 5.46. The van der Waals surface area contributed by atoms with Gasteiger partial charge in [-0.3, -0.25) is 0 Å². The smallest absolute Gasteiger partial charge is 0.165 e. The molecule has 19 heavy (non-hydrogen) atoms. The fourth-order valence-corrected chi connectivity index (χ4v) is 1.75. The quantitative estimate of drug-likeness (QED) is 0.698. The van der Waals surface area contributed by atoms with E-state index in [0.29, 0.717) is 19.8 Å². The van der Waals surface area contributed by atoms with E-state index in [9.17, 15) is 0 Å². The molecular weight excluding hydrogens is 242 g/mol. The van der Waals surface area contributed by atoms with Gasteiger partial charge in [-0.2, -0.15) is 0 Å². The Balaban J connectivity index is 2.70. The lowest BCUT2D eigenvalue weighted by atomic mass is 10.2. The summed E-state index contributed by atoms with van der Waals surface area (Å²) in [5, 5.41) is 3.14. The van der Waals surface area contributed by atoms with Crippen LogP contribution in [0.1, 0.15) is 26.3 Å². The molecule has 0 aromatic heterocycles. The average molecular weight is 267 g/mol. The van der Waals surface area contributed by atoms with Crippen LogP contribution in [-0.4, -0.2) is 33.0 Å². The number of benzene rings is 1. The first-order valence-electron chi connectivity index (χ1n) is 6.82. The average Bonchev–Trinajstić information content (AvgIpc) is 2.37. The third-order valence-electron chi connectivity index (χ3n) is 2.51. The molecule has 0 bridgehead atoms. The van der Waals surface area contributed by atoms with Crippen molar-refractivity contribution >= 4 is 0 Å². The maximum atomic E-state index is 5.83. The van der Waals surface area contributed by atoms with Crippen LogP contribution in [0, 0.1) is 0 Å². The Bertz CT molecular complexity index is 342. The number of para-hydroxylation sites is 1. The predicted octanol–water partition coefficient (Wildman–Crippen LogP) is 2.61. The molecule has 4 heteroatoms. The molecule has 0 fully saturated rings. The molecule has 0 amide bonds. The molecule has 0 heterocycles. The van der Waals surface area contributed by atoms with Crippen molar-refractivity contribution in [1.29, 1.82) is 0 Å². The Morgan fingerprint density at radius 2 is 1.95 bits per heavy atom. The Morgan fingerprint density at radius 3 is 2.58 bits per heavy atom. The van der Waals surface area contributed by atoms with Crippen molar-refractivity contribution in [3.05, 3.63) is 23.8 Å². The van der Waals surface area contributed by atoms with Crippen LogP contribution < -0.4 is 14.8 Å². The molecule has 0 radical (unpaired) electrons. The summed E-state index contributed by atoms with van der Waals surface area (Å²) >= 11 is 0. The summed E-state index contributed by atoms with van der Waals surface area (Å²) < 4.78 is 16.9. The summed E-state index contributed by atoms with van der Waals surface area (Å²) in [6.45, 7) is 8.48. The zero-order valence-electron chi connectivity index (χ0n) is 12.4. The fourth-order valence-electron chi connectivity index (χ4n) is 1.75. The molecule has 108 valence electrons. The second-order valence-corrected chi connectivity index (χ2v) is 4.48. The van der Waals surface area contributed by atoms with E-state index in [1.165, 1.54) is 0 Å². The molecule has 1 aromatic carbocycles. The highest BCUT2D eigenvalue weighted by Crippen LogP contribution is 2.31. The topological polar surface area (TPSA) is 39.7 Å². The van der Waals surface area contributed by atoms with Crippen molar-refractivity contribution in [3.8, 4) is 11.5 Å². The van der Waals surface area contributed by atoms with Crippen LogP contribution in [0.2, 0.25) is 0 Å². The number of hydrogen-bond donors (Lipinski definition) is 1. The van der Waals surface area contributed by atoms with Crippen molar-refractivity contribution in [3.63, 3.8) is 0 Å². The predicted molar refractivity (Wildman–Crippen MR) is 77.0 cm³/mol. The Hall–Kier alpha value is -1.26. The van der Waals surface area contributed by atoms with Crippen molar-refractivity contribution in [2.24, 2.45) is 0 Å². The molecule has 0 spiro atoms. The van der Waals surface area contributed by atoms with Gasteiger partial charge in [0.1, 0.15) is 6.61 Å². The minimum atomic E-state index is 0.225. The minimum absolute atomic E-state index is 0.225. The van der Waals surface area contributed by atoms with E-state index in [4.69, 9.17) is 14.2 Å². The van der Waals surface area contributed by atoms with Crippen molar-refractivity contribution in [2.45, 2.75) is 33.4 Å². The lowest BCUT2D eigenvalue weighted by molar-refractivity contribution is 0.0543. The summed E-state index contributed by atoms with van der Waals surface area (Å²) in [7, 11) is 1.92. The Kier molecular flexibility index (Phi) is 7.30. The van der Waals surface area contributed by atoms with E-state index in [-0.39, 0.29) is 6.10 Å². The van der Waals surface area contributed by atoms with E-state index in [1.54, 1.807) is 0 Å². The van der Waals surface area contributed by atoms with Gasteiger partial charge in [-0.1, -0.05) is 12.1 Å². The first kappa shape index (κ1) is 15.8. The first-order chi connectivity index (χ1) is 9.19. The van der Waals surface area contributed by atoms with Crippen molar-refractivity contribution < 1.29 is 14.2 Å². The molecule has 0 saturated heterocycles. The van der Waals surface area contributed by atoms with Crippen LogP contribution in [0.3, 0.4) is 0 Å². The van der Waals surface area contributed by atoms with Crippen molar-refractivity contribution in [1.82, 2.24) is 5.32 Å². The number of rotatable bonds is 9. The maximum absolute atomic E-state index is 5.83. The van der Waals surface area contributed by atoms with Gasteiger partial charge in [-0.25, -0.2) is 0 Å². The van der Waals surface area contributed by atoms with Gasteiger partial charge in [0.2, 0.25) is 0 Å². The van der Waals surface area contributed by atoms with Crippen LogP contribution in [0.25, 0.3) is 0 Å². The summed E-state index contributed by atoms with van der Waals surface area (Å²) in [6.07, 6.45) is 0.225. The zero-order valence-corrected chi connectivity index (χ0v) is 12.4. The zero-order chi connectivity index (χ0) is 14.1. The van der Waals surface area contributed by atoms with Gasteiger partial charge in [-0.15, -0.1) is 0 Å². The molecule has 1 rings (SSSR count). The largest absolute Gasteiger partial charge is 0.490 e. The summed E-state index contributed by atoms with van der Waals surface area (Å²) in [6, 6.07) is 5.95. The van der Waals surface area contributed by atoms with Gasteiger partial charge in [0, 0.05) is 12.1 Å². The van der Waals surface area contributed by atoms with E-state index in [2.05, 4.69) is 5.32 Å². The molecule has 0 aliphatic rings. The van der Waals surface area contributed by atoms with Gasteiger partial charge in [0.15, 0.2) is 11.5 Å². The van der Waals surface area contributed by atoms with Gasteiger partial charge in [0.25, 0.3) is 0 Å². The number of hydrogen-bond acceptors (Lipinski definition) is 4. The molecule has 0 atom stereocenters. The van der Waals surface area contributed by atoms with E-state index >= 15 is 0 Å². The van der Waals surface area contributed by atoms with E-state index < -0.39 is 0 Å². The molecule has 0 aliphatic carbocycles. The monoisotopic (exact) mass is 267 g/mol. The molecule has 4 nitrogen and oxygen atoms in total. The van der Waals surface area contributed by atoms with Gasteiger partial charge >= 0.3 is 0 Å². The molecule has 0 saturated carbocycles. The first-order valence-corrected chi connectivity index (χ1v) is 6.82. The SMILES string of the molecule is CCOc1cccc(CNC)c1OCCOC(C)C. The van der Waals surface area contributed by atoms with Gasteiger partial charge < -0.3 is 19.5 Å². The molecule has 1 N–H and O–H groups in total. The van der Waals surface area contributed by atoms with E-state index in [1.807, 2.05) is 46.0 Å². The van der Waals surface area contributed by atoms with Gasteiger partial charge in [-0.05, 0) is 33.9 Å². The highest BCUT2D eigenvalue weighted by Gasteiger charge is 2.10. The standard InChI is InChI=1S/C15H25NO3/c1-5-17-14-8-6-7-13(11-16-4)15(14)19-10-9-18-12(2)3/h6-8,12,16H,5,9-11H2,1-4H3. The van der Waals surface area contributed by atoms with Crippen LogP contribution in [0.4, 0.5) is 0 Å². The molecule has 1 aromatic rings. The molecular formula is C15H25NO3. The highest BCUT2D eigenvalue weighted by atomic mass is 16.5. The summed E-state index contributed by atoms with van der Waals surface area (Å²) in [4.78, 5) is 0. The fraction of sp³-hybridized carbons (Fsp3) is 0.600. The van der Waals surface area contributed by atoms with E-state index in [0.717, 1.165) is 23.6 Å². The molecule has 0 unspecified atom stereocenters.